The molecule has 170 valence electrons. The summed E-state index contributed by atoms with van der Waals surface area (Å²) in [5.74, 6) is 0.262. The SMILES string of the molecule is CC(C)(Cc1ccc(C(F)(F)F)cc1)NC(=O)c1ncoc1-c1ccc(-c2nn[nH]n2)cc1. The molecule has 0 unspecified atom stereocenters. The van der Waals surface area contributed by atoms with Gasteiger partial charge in [0.2, 0.25) is 5.82 Å². The van der Waals surface area contributed by atoms with Crippen molar-refractivity contribution in [2.75, 3.05) is 0 Å². The Labute approximate surface area is 186 Å². The Balaban J connectivity index is 1.47. The van der Waals surface area contributed by atoms with Gasteiger partial charge in [-0.05, 0) is 43.2 Å². The Morgan fingerprint density at radius 3 is 2.30 bits per heavy atom. The van der Waals surface area contributed by atoms with Gasteiger partial charge in [-0.1, -0.05) is 36.4 Å². The van der Waals surface area contributed by atoms with Gasteiger partial charge in [0.05, 0.1) is 5.56 Å². The maximum absolute atomic E-state index is 12.9. The van der Waals surface area contributed by atoms with E-state index in [2.05, 4.69) is 30.9 Å². The molecular formula is C22H19F3N6O2. The zero-order valence-electron chi connectivity index (χ0n) is 17.6. The molecule has 33 heavy (non-hydrogen) atoms. The normalized spacial score (nSPS) is 12.0. The van der Waals surface area contributed by atoms with Crippen LogP contribution in [-0.4, -0.2) is 37.1 Å². The largest absolute Gasteiger partial charge is 0.443 e. The average molecular weight is 456 g/mol. The fourth-order valence-corrected chi connectivity index (χ4v) is 3.40. The van der Waals surface area contributed by atoms with Crippen molar-refractivity contribution in [2.45, 2.75) is 32.0 Å². The van der Waals surface area contributed by atoms with Crippen LogP contribution in [0, 0.1) is 0 Å². The molecule has 0 aliphatic heterocycles. The van der Waals surface area contributed by atoms with Crippen LogP contribution >= 0.6 is 0 Å². The number of alkyl halides is 3. The number of carbonyl (C=O) groups excluding carboxylic acids is 1. The summed E-state index contributed by atoms with van der Waals surface area (Å²) in [6.45, 7) is 3.56. The number of amides is 1. The van der Waals surface area contributed by atoms with E-state index in [1.165, 1.54) is 18.5 Å². The number of hydrogen-bond donors (Lipinski definition) is 2. The lowest BCUT2D eigenvalue weighted by molar-refractivity contribution is -0.137. The molecule has 2 N–H and O–H groups in total. The monoisotopic (exact) mass is 456 g/mol. The highest BCUT2D eigenvalue weighted by molar-refractivity contribution is 5.98. The van der Waals surface area contributed by atoms with Gasteiger partial charge in [0.25, 0.3) is 5.91 Å². The van der Waals surface area contributed by atoms with E-state index in [1.807, 2.05) is 0 Å². The third-order valence-electron chi connectivity index (χ3n) is 4.91. The van der Waals surface area contributed by atoms with Crippen molar-refractivity contribution in [2.24, 2.45) is 0 Å². The van der Waals surface area contributed by atoms with Crippen molar-refractivity contribution < 1.29 is 22.4 Å². The fourth-order valence-electron chi connectivity index (χ4n) is 3.40. The van der Waals surface area contributed by atoms with Gasteiger partial charge < -0.3 is 9.73 Å². The molecule has 11 heteroatoms. The average Bonchev–Trinajstić information content (AvgIpc) is 3.45. The van der Waals surface area contributed by atoms with Crippen molar-refractivity contribution in [1.29, 1.82) is 0 Å². The lowest BCUT2D eigenvalue weighted by Crippen LogP contribution is -2.45. The summed E-state index contributed by atoms with van der Waals surface area (Å²) in [5.41, 5.74) is 0.649. The smallest absolute Gasteiger partial charge is 0.416 e. The highest BCUT2D eigenvalue weighted by atomic mass is 19.4. The van der Waals surface area contributed by atoms with Gasteiger partial charge in [0, 0.05) is 16.7 Å². The van der Waals surface area contributed by atoms with E-state index in [0.717, 1.165) is 17.7 Å². The minimum absolute atomic E-state index is 0.0998. The number of oxazole rings is 1. The number of nitrogens with one attached hydrogen (secondary N) is 2. The Morgan fingerprint density at radius 2 is 1.70 bits per heavy atom. The van der Waals surface area contributed by atoms with Crippen molar-refractivity contribution in [3.8, 4) is 22.7 Å². The predicted octanol–water partition coefficient (Wildman–Crippen LogP) is 4.29. The number of aromatic amines is 1. The molecule has 8 nitrogen and oxygen atoms in total. The van der Waals surface area contributed by atoms with Crippen molar-refractivity contribution in [3.63, 3.8) is 0 Å². The zero-order chi connectivity index (χ0) is 23.6. The van der Waals surface area contributed by atoms with E-state index < -0.39 is 23.2 Å². The number of benzene rings is 2. The Kier molecular flexibility index (Phi) is 5.71. The third-order valence-corrected chi connectivity index (χ3v) is 4.91. The molecule has 4 aromatic rings. The summed E-state index contributed by atoms with van der Waals surface area (Å²) < 4.78 is 43.8. The standard InChI is InChI=1S/C22H19F3N6O2/c1-21(2,11-13-3-9-16(10-4-13)22(23,24)25)27-20(32)17-18(33-12-26-17)14-5-7-15(8-6-14)19-28-30-31-29-19/h3-10,12H,11H2,1-2H3,(H,27,32)(H,28,29,30,31). The number of halogens is 3. The van der Waals surface area contributed by atoms with Gasteiger partial charge in [-0.3, -0.25) is 4.79 Å². The van der Waals surface area contributed by atoms with Gasteiger partial charge in [0.1, 0.15) is 0 Å². The molecule has 0 spiro atoms. The lowest BCUT2D eigenvalue weighted by atomic mass is 9.94. The van der Waals surface area contributed by atoms with Crippen LogP contribution in [0.4, 0.5) is 13.2 Å². The molecule has 2 aromatic carbocycles. The van der Waals surface area contributed by atoms with E-state index in [-0.39, 0.29) is 11.5 Å². The van der Waals surface area contributed by atoms with Crippen LogP contribution < -0.4 is 5.32 Å². The Hall–Kier alpha value is -4.02. The third kappa shape index (κ3) is 5.08. The molecule has 0 aliphatic carbocycles. The molecular weight excluding hydrogens is 437 g/mol. The number of nitrogens with zero attached hydrogens (tertiary/aromatic N) is 4. The van der Waals surface area contributed by atoms with E-state index in [4.69, 9.17) is 4.42 Å². The summed E-state index contributed by atoms with van der Waals surface area (Å²) in [6.07, 6.45) is -2.89. The maximum atomic E-state index is 12.9. The number of carbonyl (C=O) groups is 1. The van der Waals surface area contributed by atoms with Crippen LogP contribution in [0.2, 0.25) is 0 Å². The summed E-state index contributed by atoms with van der Waals surface area (Å²) in [6, 6.07) is 11.9. The lowest BCUT2D eigenvalue weighted by Gasteiger charge is -2.26. The highest BCUT2D eigenvalue weighted by Gasteiger charge is 2.31. The molecule has 4 rings (SSSR count). The van der Waals surface area contributed by atoms with Crippen LogP contribution in [0.5, 0.6) is 0 Å². The molecule has 0 saturated carbocycles. The molecule has 2 heterocycles. The van der Waals surface area contributed by atoms with Gasteiger partial charge in [0.15, 0.2) is 17.8 Å². The van der Waals surface area contributed by atoms with Gasteiger partial charge in [-0.15, -0.1) is 10.2 Å². The van der Waals surface area contributed by atoms with Crippen LogP contribution in [0.25, 0.3) is 22.7 Å². The van der Waals surface area contributed by atoms with E-state index in [9.17, 15) is 18.0 Å². The first-order chi connectivity index (χ1) is 15.6. The van der Waals surface area contributed by atoms with Crippen molar-refractivity contribution >= 4 is 5.91 Å². The highest BCUT2D eigenvalue weighted by Crippen LogP contribution is 2.30. The van der Waals surface area contributed by atoms with E-state index in [1.54, 1.807) is 38.1 Å². The predicted molar refractivity (Wildman–Crippen MR) is 112 cm³/mol. The number of tetrazole rings is 1. The van der Waals surface area contributed by atoms with Crippen molar-refractivity contribution in [1.82, 2.24) is 30.9 Å². The quantitative estimate of drug-likeness (QED) is 0.448. The van der Waals surface area contributed by atoms with Gasteiger partial charge in [-0.25, -0.2) is 4.98 Å². The summed E-state index contributed by atoms with van der Waals surface area (Å²) in [5, 5.41) is 16.6. The molecule has 0 aliphatic rings. The molecule has 0 atom stereocenters. The molecule has 0 bridgehead atoms. The van der Waals surface area contributed by atoms with Gasteiger partial charge >= 0.3 is 6.18 Å². The summed E-state index contributed by atoms with van der Waals surface area (Å²) in [7, 11) is 0. The summed E-state index contributed by atoms with van der Waals surface area (Å²) in [4.78, 5) is 17.0. The minimum Gasteiger partial charge on any atom is -0.443 e. The Morgan fingerprint density at radius 1 is 1.03 bits per heavy atom. The molecule has 0 saturated heterocycles. The Bertz CT molecular complexity index is 1230. The molecule has 1 amide bonds. The molecule has 0 fully saturated rings. The first kappa shape index (κ1) is 22.2. The molecule has 0 radical (unpaired) electrons. The van der Waals surface area contributed by atoms with E-state index in [0.29, 0.717) is 23.4 Å². The minimum atomic E-state index is -4.39. The van der Waals surface area contributed by atoms with Crippen LogP contribution in [-0.2, 0) is 12.6 Å². The first-order valence-corrected chi connectivity index (χ1v) is 9.89. The van der Waals surface area contributed by atoms with Gasteiger partial charge in [-0.2, -0.15) is 18.4 Å². The number of H-pyrrole nitrogens is 1. The van der Waals surface area contributed by atoms with E-state index >= 15 is 0 Å². The van der Waals surface area contributed by atoms with Crippen LogP contribution in [0.1, 0.15) is 35.5 Å². The second kappa shape index (κ2) is 8.49. The number of hydrogen-bond acceptors (Lipinski definition) is 6. The fraction of sp³-hybridized carbons (Fsp3) is 0.227. The van der Waals surface area contributed by atoms with Crippen LogP contribution in [0.15, 0.2) is 59.3 Å². The number of rotatable bonds is 6. The molecule has 2 aromatic heterocycles. The first-order valence-electron chi connectivity index (χ1n) is 9.89. The second-order valence-electron chi connectivity index (χ2n) is 8.05. The zero-order valence-corrected chi connectivity index (χ0v) is 17.6. The van der Waals surface area contributed by atoms with Crippen molar-refractivity contribution in [3.05, 3.63) is 71.7 Å². The van der Waals surface area contributed by atoms with Crippen LogP contribution in [0.3, 0.4) is 0 Å². The topological polar surface area (TPSA) is 110 Å². The maximum Gasteiger partial charge on any atom is 0.416 e. The number of aromatic nitrogens is 5. The second-order valence-corrected chi connectivity index (χ2v) is 8.05. The summed E-state index contributed by atoms with van der Waals surface area (Å²) >= 11 is 0.